The van der Waals surface area contributed by atoms with Gasteiger partial charge in [0, 0.05) is 28.7 Å². The summed E-state index contributed by atoms with van der Waals surface area (Å²) in [4.78, 5) is 54.1. The molecule has 0 unspecified atom stereocenters. The number of benzene rings is 6. The van der Waals surface area contributed by atoms with Gasteiger partial charge in [0.25, 0.3) is 11.8 Å². The molecular formula is C62H54ClFN8O16. The van der Waals surface area contributed by atoms with Gasteiger partial charge in [-0.3, -0.25) is 19.2 Å². The van der Waals surface area contributed by atoms with Gasteiger partial charge in [0.2, 0.25) is 25.1 Å². The number of carbonyl (C=O) groups is 4. The van der Waals surface area contributed by atoms with E-state index >= 15 is 0 Å². The Morgan fingerprint density at radius 1 is 0.523 bits per heavy atom. The van der Waals surface area contributed by atoms with E-state index in [0.717, 1.165) is 33.4 Å². The van der Waals surface area contributed by atoms with E-state index in [2.05, 4.69) is 31.3 Å². The summed E-state index contributed by atoms with van der Waals surface area (Å²) in [5, 5.41) is 23.0. The van der Waals surface area contributed by atoms with Gasteiger partial charge in [-0.05, 0) is 124 Å². The third-order valence-corrected chi connectivity index (χ3v) is 16.9. The van der Waals surface area contributed by atoms with Crippen LogP contribution in [0.3, 0.4) is 0 Å². The average molecular weight is 1220 g/mol. The molecule has 14 rings (SSSR count). The van der Waals surface area contributed by atoms with Gasteiger partial charge in [-0.1, -0.05) is 28.1 Å². The van der Waals surface area contributed by atoms with Gasteiger partial charge in [0.05, 0.1) is 104 Å². The molecule has 8 aromatic rings. The Hall–Kier alpha value is -10.3. The number of hydrogen-bond acceptors (Lipinski definition) is 20. The first-order valence-electron chi connectivity index (χ1n) is 27.6. The lowest BCUT2D eigenvalue weighted by Gasteiger charge is -2.39. The number of hydrogen-bond donors (Lipinski definition) is 2. The number of nitrogens with zero attached hydrogens (tertiary/aromatic N) is 6. The van der Waals surface area contributed by atoms with Crippen molar-refractivity contribution in [2.45, 2.75) is 23.9 Å². The standard InChI is InChI=1S/C31H27ClN4O8.C31H27FN4O8/c1-39-24-8-15(9-25(40-2)29(24)41-3)26-18-10-22-23(44-14-43-22)11-19(18)28(20-13-42-31(38)27(20)26)33-30(37)21-12-36(35-34-21)17-6-4-16(32)5-7-17;1-39-24-7-15(8-25(40-2)29(24)41-3)26-18-10-22-23(44-14-43-22)11-19(18)28(20-13-42-31(38)27(20)26)33-30(37)21-12-36(35-34-21)17-6-4-5-16(32)9-17/h2*4-12,20,26-28H,13-14H2,1-3H3,(H,33,37)/t2*20-,26+,27-,28+/m00/s1. The lowest BCUT2D eigenvalue weighted by Crippen LogP contribution is -2.43. The number of aromatic nitrogens is 6. The second-order valence-corrected chi connectivity index (χ2v) is 21.6. The van der Waals surface area contributed by atoms with Gasteiger partial charge >= 0.3 is 11.9 Å². The van der Waals surface area contributed by atoms with Crippen LogP contribution in [0.2, 0.25) is 5.02 Å². The largest absolute Gasteiger partial charge is 0.493 e. The van der Waals surface area contributed by atoms with E-state index in [1.54, 1.807) is 30.3 Å². The molecule has 2 fully saturated rings. The van der Waals surface area contributed by atoms with Crippen LogP contribution < -0.4 is 58.0 Å². The molecule has 8 atom stereocenters. The maximum Gasteiger partial charge on any atom is 0.310 e. The summed E-state index contributed by atoms with van der Waals surface area (Å²) in [5.74, 6) is -0.575. The summed E-state index contributed by atoms with van der Waals surface area (Å²) in [5.41, 5.74) is 5.75. The summed E-state index contributed by atoms with van der Waals surface area (Å²) < 4.78 is 84.2. The minimum atomic E-state index is -0.668. The van der Waals surface area contributed by atoms with Crippen LogP contribution in [0, 0.1) is 29.5 Å². The second kappa shape index (κ2) is 23.2. The van der Waals surface area contributed by atoms with Gasteiger partial charge in [-0.2, -0.15) is 0 Å². The highest BCUT2D eigenvalue weighted by Crippen LogP contribution is 2.58. The summed E-state index contributed by atoms with van der Waals surface area (Å²) >= 11 is 6.01. The monoisotopic (exact) mass is 1220 g/mol. The van der Waals surface area contributed by atoms with E-state index in [0.29, 0.717) is 73.9 Å². The van der Waals surface area contributed by atoms with E-state index < -0.39 is 71.2 Å². The van der Waals surface area contributed by atoms with Crippen molar-refractivity contribution in [1.29, 1.82) is 0 Å². The Morgan fingerprint density at radius 3 is 1.33 bits per heavy atom. The van der Waals surface area contributed by atoms with Crippen LogP contribution >= 0.6 is 11.6 Å². The molecule has 2 amide bonds. The third kappa shape index (κ3) is 9.98. The summed E-state index contributed by atoms with van der Waals surface area (Å²) in [6.07, 6.45) is 2.95. The van der Waals surface area contributed by atoms with Crippen molar-refractivity contribution in [3.63, 3.8) is 0 Å². The number of methoxy groups -OCH3 is 6. The number of esters is 2. The van der Waals surface area contributed by atoms with Crippen LogP contribution in [-0.4, -0.2) is 123 Å². The number of amides is 2. The zero-order valence-corrected chi connectivity index (χ0v) is 48.6. The van der Waals surface area contributed by atoms with Gasteiger partial charge < -0.3 is 67.5 Å². The third-order valence-electron chi connectivity index (χ3n) is 16.7. The number of ether oxygens (including phenoxy) is 12. The molecule has 0 saturated carbocycles. The predicted molar refractivity (Wildman–Crippen MR) is 305 cm³/mol. The number of rotatable bonds is 14. The summed E-state index contributed by atoms with van der Waals surface area (Å²) in [6, 6.07) is 26.2. The quantitative estimate of drug-likeness (QED) is 0.0990. The fourth-order valence-corrected chi connectivity index (χ4v) is 12.8. The smallest absolute Gasteiger partial charge is 0.310 e. The zero-order chi connectivity index (χ0) is 61.1. The molecule has 452 valence electrons. The maximum absolute atomic E-state index is 13.8. The van der Waals surface area contributed by atoms with Crippen LogP contribution in [0.5, 0.6) is 57.5 Å². The molecule has 4 aliphatic heterocycles. The highest BCUT2D eigenvalue weighted by atomic mass is 35.5. The minimum Gasteiger partial charge on any atom is -0.493 e. The average Bonchev–Trinajstić information content (AvgIpc) is 2.70. The van der Waals surface area contributed by atoms with Crippen molar-refractivity contribution in [3.8, 4) is 68.9 Å². The fraction of sp³-hybridized carbons (Fsp3) is 0.290. The normalized spacial score (nSPS) is 21.2. The van der Waals surface area contributed by atoms with Gasteiger partial charge in [0.1, 0.15) is 5.82 Å². The molecule has 88 heavy (non-hydrogen) atoms. The predicted octanol–water partition coefficient (Wildman–Crippen LogP) is 7.65. The van der Waals surface area contributed by atoms with E-state index in [1.165, 1.54) is 82.6 Å². The minimum absolute atomic E-state index is 0.0186. The Morgan fingerprint density at radius 2 is 0.932 bits per heavy atom. The molecule has 2 aromatic heterocycles. The molecule has 0 spiro atoms. The molecule has 0 bridgehead atoms. The molecule has 6 heterocycles. The van der Waals surface area contributed by atoms with Crippen molar-refractivity contribution in [2.75, 3.05) is 69.5 Å². The first-order chi connectivity index (χ1) is 42.8. The highest BCUT2D eigenvalue weighted by Gasteiger charge is 2.55. The van der Waals surface area contributed by atoms with Crippen LogP contribution in [0.15, 0.2) is 109 Å². The molecule has 2 N–H and O–H groups in total. The Labute approximate surface area is 505 Å². The summed E-state index contributed by atoms with van der Waals surface area (Å²) in [7, 11) is 9.17. The Kier molecular flexibility index (Phi) is 15.0. The Balaban J connectivity index is 0.000000162. The topological polar surface area (TPSA) is 265 Å². The number of nitrogens with one attached hydrogen (secondary N) is 2. The molecule has 2 saturated heterocycles. The summed E-state index contributed by atoms with van der Waals surface area (Å²) in [6.45, 7) is 0.301. The lowest BCUT2D eigenvalue weighted by molar-refractivity contribution is -0.142. The second-order valence-electron chi connectivity index (χ2n) is 21.1. The molecule has 24 nitrogen and oxygen atoms in total. The van der Waals surface area contributed by atoms with Crippen LogP contribution in [0.1, 0.15) is 78.3 Å². The van der Waals surface area contributed by atoms with E-state index in [4.69, 9.17) is 68.4 Å². The number of halogens is 2. The van der Waals surface area contributed by atoms with Crippen molar-refractivity contribution < 1.29 is 80.4 Å². The number of fused-ring (bicyclic) bond motifs is 6. The van der Waals surface area contributed by atoms with Crippen LogP contribution in [-0.2, 0) is 19.1 Å². The SMILES string of the molecule is COc1cc([C@@H]2c3cc4c(cc3[C@@H](NC(=O)c3cn(-c5ccc(Cl)cc5)nn3)[C@H]3COC(=O)[C@H]23)OCO4)cc(OC)c1OC.COc1cc([C@@H]2c3cc4c(cc3[C@@H](NC(=O)c3cn(-c5cccc(F)c5)nn3)[C@H]3COC(=O)[C@H]23)OCO4)cc(OC)c1OC. The fourth-order valence-electron chi connectivity index (χ4n) is 12.7. The van der Waals surface area contributed by atoms with E-state index in [9.17, 15) is 23.6 Å². The molecule has 2 aliphatic carbocycles. The van der Waals surface area contributed by atoms with Crippen LogP contribution in [0.25, 0.3) is 11.4 Å². The first-order valence-corrected chi connectivity index (χ1v) is 28.0. The van der Waals surface area contributed by atoms with Gasteiger partial charge in [-0.15, -0.1) is 10.2 Å². The highest BCUT2D eigenvalue weighted by molar-refractivity contribution is 6.30. The lowest BCUT2D eigenvalue weighted by atomic mass is 9.65. The van der Waals surface area contributed by atoms with Gasteiger partial charge in [0.15, 0.2) is 57.4 Å². The number of carbonyl (C=O) groups excluding carboxylic acids is 4. The van der Waals surface area contributed by atoms with Crippen molar-refractivity contribution in [3.05, 3.63) is 165 Å². The molecule has 6 aromatic carbocycles. The van der Waals surface area contributed by atoms with E-state index in [1.807, 2.05) is 48.5 Å². The van der Waals surface area contributed by atoms with Gasteiger partial charge in [-0.25, -0.2) is 13.8 Å². The molecule has 6 aliphatic rings. The van der Waals surface area contributed by atoms with Crippen LogP contribution in [0.4, 0.5) is 4.39 Å². The molecule has 0 radical (unpaired) electrons. The van der Waals surface area contributed by atoms with Crippen molar-refractivity contribution >= 4 is 35.4 Å². The first kappa shape index (κ1) is 56.8. The molecule has 26 heteroatoms. The van der Waals surface area contributed by atoms with Crippen molar-refractivity contribution in [2.24, 2.45) is 23.7 Å². The van der Waals surface area contributed by atoms with E-state index in [-0.39, 0.29) is 44.2 Å². The Bertz CT molecular complexity index is 4040. The molecular weight excluding hydrogens is 1170 g/mol. The number of cyclic esters (lactones) is 2. The van der Waals surface area contributed by atoms with Crippen molar-refractivity contribution in [1.82, 2.24) is 40.6 Å². The maximum atomic E-state index is 13.8. The zero-order valence-electron chi connectivity index (χ0n) is 47.8.